The van der Waals surface area contributed by atoms with Crippen molar-refractivity contribution in [2.75, 3.05) is 13.1 Å². The average Bonchev–Trinajstić information content (AvgIpc) is 3.00. The number of piperidine rings is 1. The van der Waals surface area contributed by atoms with Crippen LogP contribution in [0.5, 0.6) is 0 Å². The van der Waals surface area contributed by atoms with Crippen molar-refractivity contribution in [1.82, 2.24) is 15.5 Å². The summed E-state index contributed by atoms with van der Waals surface area (Å²) in [6.45, 7) is 7.41. The van der Waals surface area contributed by atoms with Gasteiger partial charge in [-0.05, 0) is 37.0 Å². The maximum atomic E-state index is 14.1. The Bertz CT molecular complexity index is 1230. The van der Waals surface area contributed by atoms with Gasteiger partial charge in [0.05, 0.1) is 25.9 Å². The number of carbonyl (C=O) groups excluding carboxylic acids is 2. The second-order valence-corrected chi connectivity index (χ2v) is 10.8. The summed E-state index contributed by atoms with van der Waals surface area (Å²) in [5.74, 6) is -0.165. The first-order valence-electron chi connectivity index (χ1n) is 14.8. The molecule has 1 saturated heterocycles. The van der Waals surface area contributed by atoms with E-state index in [1.165, 1.54) is 0 Å². The molecule has 0 spiro atoms. The van der Waals surface area contributed by atoms with Gasteiger partial charge in [0.15, 0.2) is 6.10 Å². The highest BCUT2D eigenvalue weighted by molar-refractivity contribution is 5.83. The first kappa shape index (κ1) is 31.2. The zero-order valence-electron chi connectivity index (χ0n) is 24.8. The molecule has 42 heavy (non-hydrogen) atoms. The van der Waals surface area contributed by atoms with Crippen molar-refractivity contribution in [3.05, 3.63) is 108 Å². The summed E-state index contributed by atoms with van der Waals surface area (Å²) in [7, 11) is 0. The molecule has 3 amide bonds. The lowest BCUT2D eigenvalue weighted by Crippen LogP contribution is -2.68. The Labute approximate surface area is 249 Å². The summed E-state index contributed by atoms with van der Waals surface area (Å²) in [5.41, 5.74) is 2.95. The number of nitrogens with zero attached hydrogens (tertiary/aromatic N) is 1. The van der Waals surface area contributed by atoms with Crippen LogP contribution in [0.3, 0.4) is 0 Å². The number of urea groups is 1. The summed E-state index contributed by atoms with van der Waals surface area (Å²) < 4.78 is 19.5. The predicted octanol–water partition coefficient (Wildman–Crippen LogP) is 5.07. The van der Waals surface area contributed by atoms with Crippen LogP contribution in [0.15, 0.2) is 91.0 Å². The molecule has 0 bridgehead atoms. The SMILES string of the molecule is CCCN1C(=O)[C@H](OCc2ccccc2)[C@H](OCc2ccccc2)[C@H](OCc2ccccc2)[C@H]1CNC(=O)NC(C)C. The number of hydrogen-bond acceptors (Lipinski definition) is 5. The van der Waals surface area contributed by atoms with Crippen molar-refractivity contribution in [3.8, 4) is 0 Å². The van der Waals surface area contributed by atoms with Gasteiger partial charge in [-0.3, -0.25) is 4.79 Å². The van der Waals surface area contributed by atoms with E-state index >= 15 is 0 Å². The first-order chi connectivity index (χ1) is 20.5. The molecule has 3 aromatic carbocycles. The fourth-order valence-electron chi connectivity index (χ4n) is 5.14. The Balaban J connectivity index is 1.66. The van der Waals surface area contributed by atoms with Crippen LogP contribution in [0.2, 0.25) is 0 Å². The monoisotopic (exact) mass is 573 g/mol. The standard InChI is InChI=1S/C34H43N3O5/c1-4-20-37-29(21-35-34(39)36-25(2)3)30(40-22-26-14-8-5-9-15-26)31(41-23-27-16-10-6-11-17-27)32(33(37)38)42-24-28-18-12-7-13-19-28/h5-19,25,29-32H,4,20-24H2,1-3H3,(H2,35,36,39)/t29-,30-,31-,32-/m1/s1. The van der Waals surface area contributed by atoms with Gasteiger partial charge in [-0.15, -0.1) is 0 Å². The van der Waals surface area contributed by atoms with E-state index < -0.39 is 24.4 Å². The number of ether oxygens (including phenoxy) is 3. The molecule has 0 aromatic heterocycles. The summed E-state index contributed by atoms with van der Waals surface area (Å²) in [6.07, 6.45) is -1.43. The van der Waals surface area contributed by atoms with Gasteiger partial charge in [0.2, 0.25) is 0 Å². The second kappa shape index (κ2) is 16.1. The maximum Gasteiger partial charge on any atom is 0.315 e. The number of amides is 3. The van der Waals surface area contributed by atoms with Crippen LogP contribution in [0.25, 0.3) is 0 Å². The largest absolute Gasteiger partial charge is 0.368 e. The number of likely N-dealkylation sites (tertiary alicyclic amines) is 1. The van der Waals surface area contributed by atoms with Crippen molar-refractivity contribution in [2.24, 2.45) is 0 Å². The van der Waals surface area contributed by atoms with Gasteiger partial charge in [-0.1, -0.05) is 97.9 Å². The molecule has 3 aromatic rings. The molecule has 1 aliphatic heterocycles. The van der Waals surface area contributed by atoms with E-state index in [0.717, 1.165) is 23.1 Å². The second-order valence-electron chi connectivity index (χ2n) is 10.8. The highest BCUT2D eigenvalue weighted by Gasteiger charge is 2.50. The molecule has 1 aliphatic rings. The number of benzene rings is 3. The molecule has 0 unspecified atom stereocenters. The number of hydrogen-bond donors (Lipinski definition) is 2. The van der Waals surface area contributed by atoms with Gasteiger partial charge < -0.3 is 29.7 Å². The van der Waals surface area contributed by atoms with Crippen LogP contribution < -0.4 is 10.6 Å². The van der Waals surface area contributed by atoms with E-state index in [1.807, 2.05) is 112 Å². The lowest BCUT2D eigenvalue weighted by atomic mass is 9.91. The quantitative estimate of drug-likeness (QED) is 0.281. The van der Waals surface area contributed by atoms with Crippen molar-refractivity contribution >= 4 is 11.9 Å². The molecule has 8 heteroatoms. The highest BCUT2D eigenvalue weighted by Crippen LogP contribution is 2.29. The minimum atomic E-state index is -0.887. The van der Waals surface area contributed by atoms with Crippen LogP contribution in [-0.2, 0) is 38.8 Å². The number of nitrogens with one attached hydrogen (secondary N) is 2. The molecule has 1 heterocycles. The van der Waals surface area contributed by atoms with Crippen LogP contribution in [0.4, 0.5) is 4.79 Å². The Kier molecular flexibility index (Phi) is 11.9. The Morgan fingerprint density at radius 3 is 1.71 bits per heavy atom. The maximum absolute atomic E-state index is 14.1. The van der Waals surface area contributed by atoms with Crippen LogP contribution in [0, 0.1) is 0 Å². The fraction of sp³-hybridized carbons (Fsp3) is 0.412. The molecule has 0 aliphatic carbocycles. The number of rotatable bonds is 14. The summed E-state index contributed by atoms with van der Waals surface area (Å²) >= 11 is 0. The molecular weight excluding hydrogens is 530 g/mol. The van der Waals surface area contributed by atoms with Gasteiger partial charge in [0.25, 0.3) is 5.91 Å². The molecule has 4 rings (SSSR count). The van der Waals surface area contributed by atoms with Crippen molar-refractivity contribution in [2.45, 2.75) is 77.4 Å². The summed E-state index contributed by atoms with van der Waals surface area (Å²) in [6, 6.07) is 28.8. The third-order valence-corrected chi connectivity index (χ3v) is 7.13. The van der Waals surface area contributed by atoms with Gasteiger partial charge in [-0.25, -0.2) is 4.79 Å². The molecule has 0 radical (unpaired) electrons. The van der Waals surface area contributed by atoms with Crippen molar-refractivity contribution in [3.63, 3.8) is 0 Å². The lowest BCUT2D eigenvalue weighted by Gasteiger charge is -2.48. The Hall–Kier alpha value is -3.72. The third-order valence-electron chi connectivity index (χ3n) is 7.13. The smallest absolute Gasteiger partial charge is 0.315 e. The van der Waals surface area contributed by atoms with Gasteiger partial charge in [-0.2, -0.15) is 0 Å². The topological polar surface area (TPSA) is 89.1 Å². The molecule has 1 fully saturated rings. The van der Waals surface area contributed by atoms with E-state index in [9.17, 15) is 9.59 Å². The molecule has 4 atom stereocenters. The van der Waals surface area contributed by atoms with E-state index in [-0.39, 0.29) is 37.7 Å². The van der Waals surface area contributed by atoms with E-state index in [2.05, 4.69) is 10.6 Å². The Morgan fingerprint density at radius 2 is 1.24 bits per heavy atom. The van der Waals surface area contributed by atoms with Gasteiger partial charge in [0, 0.05) is 19.1 Å². The summed E-state index contributed by atoms with van der Waals surface area (Å²) in [5, 5.41) is 5.84. The van der Waals surface area contributed by atoms with Crippen LogP contribution in [0.1, 0.15) is 43.9 Å². The zero-order valence-corrected chi connectivity index (χ0v) is 24.8. The van der Waals surface area contributed by atoms with Gasteiger partial charge >= 0.3 is 6.03 Å². The van der Waals surface area contributed by atoms with E-state index in [4.69, 9.17) is 14.2 Å². The van der Waals surface area contributed by atoms with E-state index in [1.54, 1.807) is 4.90 Å². The number of carbonyl (C=O) groups is 2. The average molecular weight is 574 g/mol. The molecule has 224 valence electrons. The molecule has 0 saturated carbocycles. The minimum Gasteiger partial charge on any atom is -0.368 e. The summed E-state index contributed by atoms with van der Waals surface area (Å²) in [4.78, 5) is 28.6. The van der Waals surface area contributed by atoms with Crippen LogP contribution >= 0.6 is 0 Å². The van der Waals surface area contributed by atoms with Crippen molar-refractivity contribution in [1.29, 1.82) is 0 Å². The zero-order chi connectivity index (χ0) is 29.7. The first-order valence-corrected chi connectivity index (χ1v) is 14.8. The molecular formula is C34H43N3O5. The molecule has 8 nitrogen and oxygen atoms in total. The predicted molar refractivity (Wildman–Crippen MR) is 163 cm³/mol. The van der Waals surface area contributed by atoms with Crippen molar-refractivity contribution < 1.29 is 23.8 Å². The minimum absolute atomic E-state index is 0.0208. The normalized spacial score (nSPS) is 20.5. The molecule has 2 N–H and O–H groups in total. The van der Waals surface area contributed by atoms with Gasteiger partial charge in [0.1, 0.15) is 12.2 Å². The van der Waals surface area contributed by atoms with Crippen LogP contribution in [-0.4, -0.2) is 60.3 Å². The lowest BCUT2D eigenvalue weighted by molar-refractivity contribution is -0.208. The fourth-order valence-corrected chi connectivity index (χ4v) is 5.14. The Morgan fingerprint density at radius 1 is 0.762 bits per heavy atom. The highest BCUT2D eigenvalue weighted by atomic mass is 16.6. The third kappa shape index (κ3) is 8.89. The van der Waals surface area contributed by atoms with E-state index in [0.29, 0.717) is 13.2 Å².